The highest BCUT2D eigenvalue weighted by Gasteiger charge is 2.11. The minimum atomic E-state index is -0.348. The van der Waals surface area contributed by atoms with Crippen molar-refractivity contribution in [3.63, 3.8) is 0 Å². The number of rotatable bonds is 7. The van der Waals surface area contributed by atoms with Gasteiger partial charge in [0, 0.05) is 17.2 Å². The van der Waals surface area contributed by atoms with Crippen LogP contribution in [0.25, 0.3) is 11.0 Å². The van der Waals surface area contributed by atoms with Crippen LogP contribution in [0.15, 0.2) is 62.9 Å². The first-order valence-electron chi connectivity index (χ1n) is 9.24. The summed E-state index contributed by atoms with van der Waals surface area (Å²) in [6.45, 7) is 2.62. The van der Waals surface area contributed by atoms with E-state index in [0.29, 0.717) is 23.0 Å². The molecular formula is C21H20N4O3S. The Morgan fingerprint density at radius 2 is 1.90 bits per heavy atom. The Balaban J connectivity index is 1.54. The molecule has 4 aromatic rings. The Morgan fingerprint density at radius 1 is 1.10 bits per heavy atom. The minimum absolute atomic E-state index is 0.348. The summed E-state index contributed by atoms with van der Waals surface area (Å²) in [5.41, 5.74) is 3.37. The van der Waals surface area contributed by atoms with Gasteiger partial charge < -0.3 is 9.15 Å². The number of ether oxygens (including phenoxy) is 1. The van der Waals surface area contributed by atoms with Gasteiger partial charge in [0.1, 0.15) is 11.3 Å². The molecule has 0 unspecified atom stereocenters. The van der Waals surface area contributed by atoms with Crippen molar-refractivity contribution in [1.29, 1.82) is 0 Å². The van der Waals surface area contributed by atoms with E-state index in [0.717, 1.165) is 34.2 Å². The lowest BCUT2D eigenvalue weighted by Gasteiger charge is -2.08. The number of fused-ring (bicyclic) bond motifs is 1. The molecule has 29 heavy (non-hydrogen) atoms. The lowest BCUT2D eigenvalue weighted by molar-refractivity contribution is 0.414. The first-order valence-corrected chi connectivity index (χ1v) is 10.2. The van der Waals surface area contributed by atoms with Crippen LogP contribution in [0.3, 0.4) is 0 Å². The summed E-state index contributed by atoms with van der Waals surface area (Å²) >= 11 is 1.49. The van der Waals surface area contributed by atoms with E-state index >= 15 is 0 Å². The molecule has 0 bridgehead atoms. The zero-order chi connectivity index (χ0) is 20.2. The van der Waals surface area contributed by atoms with Crippen molar-refractivity contribution in [3.05, 3.63) is 75.6 Å². The summed E-state index contributed by atoms with van der Waals surface area (Å²) in [6, 6.07) is 15.3. The minimum Gasteiger partial charge on any atom is -0.497 e. The number of tetrazole rings is 1. The van der Waals surface area contributed by atoms with Gasteiger partial charge in [0.15, 0.2) is 0 Å². The topological polar surface area (TPSA) is 83.0 Å². The van der Waals surface area contributed by atoms with E-state index in [-0.39, 0.29) is 5.63 Å². The van der Waals surface area contributed by atoms with E-state index in [1.54, 1.807) is 17.9 Å². The molecule has 4 rings (SSSR count). The number of aryl methyl sites for hydroxylation is 1. The number of hydrogen-bond donors (Lipinski definition) is 0. The van der Waals surface area contributed by atoms with Crippen LogP contribution in [0.1, 0.15) is 23.6 Å². The molecule has 0 saturated carbocycles. The standard InChI is InChI=1S/C21H20N4O3S/c1-3-14-6-9-18-16(11-20(26)28-19(18)10-14)13-29-21-22-23-24-25(21)12-15-4-7-17(27-2)8-5-15/h4-11H,3,12-13H2,1-2H3. The molecule has 0 N–H and O–H groups in total. The van der Waals surface area contributed by atoms with Crippen molar-refractivity contribution in [3.8, 4) is 5.75 Å². The van der Waals surface area contributed by atoms with Gasteiger partial charge in [-0.3, -0.25) is 0 Å². The van der Waals surface area contributed by atoms with E-state index in [1.807, 2.05) is 36.4 Å². The maximum atomic E-state index is 12.0. The van der Waals surface area contributed by atoms with Crippen molar-refractivity contribution in [1.82, 2.24) is 20.2 Å². The van der Waals surface area contributed by atoms with Gasteiger partial charge in [0.2, 0.25) is 5.16 Å². The molecule has 0 radical (unpaired) electrons. The first kappa shape index (κ1) is 19.2. The molecule has 0 amide bonds. The molecule has 0 fully saturated rings. The summed E-state index contributed by atoms with van der Waals surface area (Å²) in [7, 11) is 1.64. The Hall–Kier alpha value is -3.13. The molecule has 0 aliphatic carbocycles. The summed E-state index contributed by atoms with van der Waals surface area (Å²) in [5, 5.41) is 13.6. The Bertz CT molecular complexity index is 1180. The SMILES string of the molecule is CCc1ccc2c(CSc3nnnn3Cc3ccc(OC)cc3)cc(=O)oc2c1. The van der Waals surface area contributed by atoms with Crippen molar-refractivity contribution < 1.29 is 9.15 Å². The Labute approximate surface area is 171 Å². The van der Waals surface area contributed by atoms with Crippen LogP contribution in [0.2, 0.25) is 0 Å². The molecular weight excluding hydrogens is 388 g/mol. The highest BCUT2D eigenvalue weighted by molar-refractivity contribution is 7.98. The van der Waals surface area contributed by atoms with Gasteiger partial charge in [0.25, 0.3) is 0 Å². The molecule has 0 spiro atoms. The molecule has 7 nitrogen and oxygen atoms in total. The van der Waals surface area contributed by atoms with Crippen molar-refractivity contribution in [2.24, 2.45) is 0 Å². The second-order valence-electron chi connectivity index (χ2n) is 6.53. The number of aromatic nitrogens is 4. The fraction of sp³-hybridized carbons (Fsp3) is 0.238. The average molecular weight is 408 g/mol. The molecule has 0 atom stereocenters. The van der Waals surface area contributed by atoms with Gasteiger partial charge in [-0.25, -0.2) is 9.48 Å². The zero-order valence-corrected chi connectivity index (χ0v) is 17.0. The van der Waals surface area contributed by atoms with Crippen LogP contribution in [-0.2, 0) is 18.7 Å². The number of thioether (sulfide) groups is 1. The van der Waals surface area contributed by atoms with Crippen LogP contribution in [0, 0.1) is 0 Å². The van der Waals surface area contributed by atoms with Crippen LogP contribution in [0.5, 0.6) is 5.75 Å². The largest absolute Gasteiger partial charge is 0.497 e. The van der Waals surface area contributed by atoms with E-state index in [4.69, 9.17) is 9.15 Å². The maximum Gasteiger partial charge on any atom is 0.336 e. The van der Waals surface area contributed by atoms with Crippen molar-refractivity contribution in [2.75, 3.05) is 7.11 Å². The monoisotopic (exact) mass is 408 g/mol. The summed E-state index contributed by atoms with van der Waals surface area (Å²) in [4.78, 5) is 12.0. The highest BCUT2D eigenvalue weighted by atomic mass is 32.2. The van der Waals surface area contributed by atoms with Crippen LogP contribution in [-0.4, -0.2) is 27.3 Å². The van der Waals surface area contributed by atoms with Gasteiger partial charge >= 0.3 is 5.63 Å². The fourth-order valence-corrected chi connectivity index (χ4v) is 3.93. The van der Waals surface area contributed by atoms with E-state index in [1.165, 1.54) is 11.8 Å². The van der Waals surface area contributed by atoms with Gasteiger partial charge in [-0.15, -0.1) is 5.10 Å². The Morgan fingerprint density at radius 3 is 2.66 bits per heavy atom. The predicted octanol–water partition coefficient (Wildman–Crippen LogP) is 3.69. The normalized spacial score (nSPS) is 11.1. The second-order valence-corrected chi connectivity index (χ2v) is 7.47. The fourth-order valence-electron chi connectivity index (χ4n) is 3.06. The molecule has 2 heterocycles. The quantitative estimate of drug-likeness (QED) is 0.341. The van der Waals surface area contributed by atoms with E-state index in [2.05, 4.69) is 28.5 Å². The number of hydrogen-bond acceptors (Lipinski definition) is 7. The predicted molar refractivity (Wildman–Crippen MR) is 111 cm³/mol. The lowest BCUT2D eigenvalue weighted by Crippen LogP contribution is -2.04. The number of methoxy groups -OCH3 is 1. The third-order valence-electron chi connectivity index (χ3n) is 4.65. The average Bonchev–Trinajstić information content (AvgIpc) is 3.18. The van der Waals surface area contributed by atoms with Gasteiger partial charge in [-0.2, -0.15) is 0 Å². The second kappa shape index (κ2) is 8.48. The number of benzene rings is 2. The third-order valence-corrected chi connectivity index (χ3v) is 5.66. The molecule has 148 valence electrons. The van der Waals surface area contributed by atoms with Gasteiger partial charge in [-0.1, -0.05) is 43.0 Å². The molecule has 0 saturated heterocycles. The Kier molecular flexibility index (Phi) is 5.62. The van der Waals surface area contributed by atoms with E-state index in [9.17, 15) is 4.79 Å². The lowest BCUT2D eigenvalue weighted by atomic mass is 10.1. The van der Waals surface area contributed by atoms with Crippen LogP contribution < -0.4 is 10.4 Å². The highest BCUT2D eigenvalue weighted by Crippen LogP contribution is 2.26. The first-order chi connectivity index (χ1) is 14.2. The third kappa shape index (κ3) is 4.32. The molecule has 2 aromatic heterocycles. The summed E-state index contributed by atoms with van der Waals surface area (Å²) in [6.07, 6.45) is 0.888. The summed E-state index contributed by atoms with van der Waals surface area (Å²) in [5.74, 6) is 1.37. The van der Waals surface area contributed by atoms with Crippen LogP contribution >= 0.6 is 11.8 Å². The zero-order valence-electron chi connectivity index (χ0n) is 16.2. The van der Waals surface area contributed by atoms with Gasteiger partial charge in [-0.05, 0) is 51.7 Å². The molecule has 0 aliphatic rings. The summed E-state index contributed by atoms with van der Waals surface area (Å²) < 4.78 is 12.3. The van der Waals surface area contributed by atoms with Crippen LogP contribution in [0.4, 0.5) is 0 Å². The van der Waals surface area contributed by atoms with Crippen molar-refractivity contribution >= 4 is 22.7 Å². The molecule has 2 aromatic carbocycles. The maximum absolute atomic E-state index is 12.0. The van der Waals surface area contributed by atoms with E-state index < -0.39 is 0 Å². The molecule has 8 heteroatoms. The molecule has 0 aliphatic heterocycles. The van der Waals surface area contributed by atoms with Crippen molar-refractivity contribution in [2.45, 2.75) is 30.8 Å². The van der Waals surface area contributed by atoms with Gasteiger partial charge in [0.05, 0.1) is 13.7 Å². The smallest absolute Gasteiger partial charge is 0.336 e. The number of nitrogens with zero attached hydrogens (tertiary/aromatic N) is 4.